The van der Waals surface area contributed by atoms with Crippen molar-refractivity contribution in [3.05, 3.63) is 24.0 Å². The van der Waals surface area contributed by atoms with Crippen LogP contribution in [0.1, 0.15) is 32.8 Å². The zero-order chi connectivity index (χ0) is 13.1. The van der Waals surface area contributed by atoms with Crippen LogP contribution >= 0.6 is 0 Å². The van der Waals surface area contributed by atoms with E-state index in [-0.39, 0.29) is 0 Å². The van der Waals surface area contributed by atoms with Crippen molar-refractivity contribution in [3.63, 3.8) is 0 Å². The molecule has 2 heterocycles. The van der Waals surface area contributed by atoms with Gasteiger partial charge in [0.05, 0.1) is 11.9 Å². The molecule has 0 aliphatic carbocycles. The Morgan fingerprint density at radius 2 is 2.28 bits per heavy atom. The molecule has 2 atom stereocenters. The molecule has 1 aliphatic rings. The van der Waals surface area contributed by atoms with Crippen LogP contribution in [0.2, 0.25) is 0 Å². The summed E-state index contributed by atoms with van der Waals surface area (Å²) < 4.78 is 0. The predicted molar refractivity (Wildman–Crippen MR) is 77.0 cm³/mol. The molecule has 100 valence electrons. The highest BCUT2D eigenvalue weighted by atomic mass is 15.2. The number of anilines is 1. The Labute approximate surface area is 111 Å². The fourth-order valence-electron chi connectivity index (χ4n) is 2.69. The summed E-state index contributed by atoms with van der Waals surface area (Å²) in [5.74, 6) is 0.669. The maximum Gasteiger partial charge on any atom is 0.0585 e. The Morgan fingerprint density at radius 1 is 1.50 bits per heavy atom. The Bertz CT molecular complexity index is 389. The molecule has 0 radical (unpaired) electrons. The minimum Gasteiger partial charge on any atom is -0.364 e. The molecule has 1 fully saturated rings. The first-order valence-electron chi connectivity index (χ1n) is 7.04. The van der Waals surface area contributed by atoms with E-state index in [9.17, 15) is 0 Å². The van der Waals surface area contributed by atoms with Crippen LogP contribution in [0.5, 0.6) is 0 Å². The van der Waals surface area contributed by atoms with Gasteiger partial charge in [-0.3, -0.25) is 4.98 Å². The standard InChI is InChI=1S/C15H25N3/c1-5-13-8-17-14(11(2)3)10-18(13)15-9-16-7-6-12(15)4/h6-7,9,11,13-14,17H,5,8,10H2,1-4H3. The number of nitrogens with one attached hydrogen (secondary N) is 1. The van der Waals surface area contributed by atoms with E-state index in [0.29, 0.717) is 18.0 Å². The van der Waals surface area contributed by atoms with Crippen LogP contribution in [0, 0.1) is 12.8 Å². The monoisotopic (exact) mass is 247 g/mol. The zero-order valence-electron chi connectivity index (χ0n) is 12.0. The number of hydrogen-bond donors (Lipinski definition) is 1. The molecule has 0 bridgehead atoms. The molecule has 1 aliphatic heterocycles. The molecular weight excluding hydrogens is 222 g/mol. The van der Waals surface area contributed by atoms with E-state index in [2.05, 4.69) is 49.0 Å². The van der Waals surface area contributed by atoms with Gasteiger partial charge in [-0.1, -0.05) is 20.8 Å². The highest BCUT2D eigenvalue weighted by Gasteiger charge is 2.29. The van der Waals surface area contributed by atoms with E-state index in [1.54, 1.807) is 0 Å². The molecule has 18 heavy (non-hydrogen) atoms. The van der Waals surface area contributed by atoms with Crippen molar-refractivity contribution < 1.29 is 0 Å². The lowest BCUT2D eigenvalue weighted by molar-refractivity contribution is 0.325. The fraction of sp³-hybridized carbons (Fsp3) is 0.667. The third-order valence-electron chi connectivity index (χ3n) is 4.05. The van der Waals surface area contributed by atoms with E-state index in [1.165, 1.54) is 17.7 Å². The summed E-state index contributed by atoms with van der Waals surface area (Å²) >= 11 is 0. The van der Waals surface area contributed by atoms with Crippen LogP contribution in [-0.4, -0.2) is 30.2 Å². The van der Waals surface area contributed by atoms with Gasteiger partial charge in [-0.15, -0.1) is 0 Å². The summed E-state index contributed by atoms with van der Waals surface area (Å²) in [7, 11) is 0. The number of pyridine rings is 1. The van der Waals surface area contributed by atoms with Crippen LogP contribution in [0.3, 0.4) is 0 Å². The molecule has 0 aromatic carbocycles. The van der Waals surface area contributed by atoms with E-state index in [1.807, 2.05) is 12.4 Å². The molecule has 1 N–H and O–H groups in total. The van der Waals surface area contributed by atoms with Gasteiger partial charge >= 0.3 is 0 Å². The summed E-state index contributed by atoms with van der Waals surface area (Å²) in [6, 6.07) is 3.27. The molecule has 3 heteroatoms. The van der Waals surface area contributed by atoms with Crippen LogP contribution in [-0.2, 0) is 0 Å². The van der Waals surface area contributed by atoms with E-state index in [4.69, 9.17) is 0 Å². The molecule has 1 aromatic rings. The van der Waals surface area contributed by atoms with Crippen molar-refractivity contribution in [2.24, 2.45) is 5.92 Å². The lowest BCUT2D eigenvalue weighted by atomic mass is 9.97. The van der Waals surface area contributed by atoms with Gasteiger partial charge in [0, 0.05) is 31.4 Å². The molecule has 2 rings (SSSR count). The molecule has 2 unspecified atom stereocenters. The van der Waals surface area contributed by atoms with Crippen molar-refractivity contribution in [1.29, 1.82) is 0 Å². The Kier molecular flexibility index (Phi) is 4.23. The summed E-state index contributed by atoms with van der Waals surface area (Å²) in [5, 5.41) is 3.68. The number of aromatic nitrogens is 1. The van der Waals surface area contributed by atoms with E-state index in [0.717, 1.165) is 13.1 Å². The van der Waals surface area contributed by atoms with Crippen LogP contribution in [0.25, 0.3) is 0 Å². The Morgan fingerprint density at radius 3 is 2.89 bits per heavy atom. The number of aryl methyl sites for hydroxylation is 1. The van der Waals surface area contributed by atoms with Crippen LogP contribution in [0.15, 0.2) is 18.5 Å². The van der Waals surface area contributed by atoms with Gasteiger partial charge in [0.15, 0.2) is 0 Å². The molecular formula is C15H25N3. The lowest BCUT2D eigenvalue weighted by Crippen LogP contribution is -2.58. The fourth-order valence-corrected chi connectivity index (χ4v) is 2.69. The molecule has 0 spiro atoms. The molecule has 0 amide bonds. The van der Waals surface area contributed by atoms with Gasteiger partial charge in [-0.2, -0.15) is 0 Å². The van der Waals surface area contributed by atoms with E-state index >= 15 is 0 Å². The van der Waals surface area contributed by atoms with Gasteiger partial charge in [0.25, 0.3) is 0 Å². The number of rotatable bonds is 3. The second kappa shape index (κ2) is 5.70. The number of nitrogens with zero attached hydrogens (tertiary/aromatic N) is 2. The highest BCUT2D eigenvalue weighted by molar-refractivity contribution is 5.52. The first kappa shape index (κ1) is 13.3. The van der Waals surface area contributed by atoms with Crippen molar-refractivity contribution in [1.82, 2.24) is 10.3 Å². The smallest absolute Gasteiger partial charge is 0.0585 e. The maximum absolute atomic E-state index is 4.30. The van der Waals surface area contributed by atoms with Gasteiger partial charge in [-0.25, -0.2) is 0 Å². The van der Waals surface area contributed by atoms with Crippen molar-refractivity contribution in [2.75, 3.05) is 18.0 Å². The topological polar surface area (TPSA) is 28.2 Å². The van der Waals surface area contributed by atoms with E-state index < -0.39 is 0 Å². The largest absolute Gasteiger partial charge is 0.364 e. The van der Waals surface area contributed by atoms with Crippen molar-refractivity contribution >= 4 is 5.69 Å². The minimum atomic E-state index is 0.576. The summed E-state index contributed by atoms with van der Waals surface area (Å²) in [5.41, 5.74) is 2.63. The summed E-state index contributed by atoms with van der Waals surface area (Å²) in [6.07, 6.45) is 5.06. The van der Waals surface area contributed by atoms with Crippen molar-refractivity contribution in [2.45, 2.75) is 46.2 Å². The normalized spacial score (nSPS) is 24.6. The average molecular weight is 247 g/mol. The molecule has 0 saturated carbocycles. The second-order valence-electron chi connectivity index (χ2n) is 5.64. The zero-order valence-corrected chi connectivity index (χ0v) is 12.0. The quantitative estimate of drug-likeness (QED) is 0.890. The summed E-state index contributed by atoms with van der Waals surface area (Å²) in [4.78, 5) is 6.84. The lowest BCUT2D eigenvalue weighted by Gasteiger charge is -2.43. The maximum atomic E-state index is 4.30. The van der Waals surface area contributed by atoms with Crippen LogP contribution in [0.4, 0.5) is 5.69 Å². The molecule has 1 aromatic heterocycles. The third kappa shape index (κ3) is 2.66. The summed E-state index contributed by atoms with van der Waals surface area (Å²) in [6.45, 7) is 11.2. The highest BCUT2D eigenvalue weighted by Crippen LogP contribution is 2.25. The SMILES string of the molecule is CCC1CNC(C(C)C)CN1c1cnccc1C. The second-order valence-corrected chi connectivity index (χ2v) is 5.64. The number of hydrogen-bond acceptors (Lipinski definition) is 3. The Balaban J connectivity index is 2.24. The van der Waals surface area contributed by atoms with Gasteiger partial charge < -0.3 is 10.2 Å². The van der Waals surface area contributed by atoms with Crippen molar-refractivity contribution in [3.8, 4) is 0 Å². The molecule has 3 nitrogen and oxygen atoms in total. The minimum absolute atomic E-state index is 0.576. The first-order chi connectivity index (χ1) is 8.63. The van der Waals surface area contributed by atoms with Crippen LogP contribution < -0.4 is 10.2 Å². The number of piperazine rings is 1. The Hall–Kier alpha value is -1.09. The predicted octanol–water partition coefficient (Wildman–Crippen LogP) is 2.60. The average Bonchev–Trinajstić information content (AvgIpc) is 2.38. The van der Waals surface area contributed by atoms with Gasteiger partial charge in [-0.05, 0) is 30.9 Å². The van der Waals surface area contributed by atoms with Gasteiger partial charge in [0.2, 0.25) is 0 Å². The molecule has 1 saturated heterocycles. The first-order valence-corrected chi connectivity index (χ1v) is 7.04. The third-order valence-corrected chi connectivity index (χ3v) is 4.05. The van der Waals surface area contributed by atoms with Gasteiger partial charge in [0.1, 0.15) is 0 Å².